The molecule has 9 nitrogen and oxygen atoms in total. The second kappa shape index (κ2) is 8.49. The van der Waals surface area contributed by atoms with Crippen molar-refractivity contribution in [1.82, 2.24) is 24.8 Å². The van der Waals surface area contributed by atoms with Crippen LogP contribution in [0.1, 0.15) is 17.3 Å². The van der Waals surface area contributed by atoms with Crippen molar-refractivity contribution in [2.75, 3.05) is 4.72 Å². The number of benzene rings is 2. The van der Waals surface area contributed by atoms with Gasteiger partial charge in [-0.1, -0.05) is 24.3 Å². The summed E-state index contributed by atoms with van der Waals surface area (Å²) in [5, 5.41) is 13.1. The molecule has 0 saturated heterocycles. The first-order chi connectivity index (χ1) is 16.4. The third-order valence-corrected chi connectivity index (χ3v) is 6.58. The Kier molecular flexibility index (Phi) is 5.34. The van der Waals surface area contributed by atoms with Crippen LogP contribution in [0.15, 0.2) is 90.1 Å². The van der Waals surface area contributed by atoms with Gasteiger partial charge in [0.2, 0.25) is 0 Å². The van der Waals surface area contributed by atoms with Crippen LogP contribution in [0.5, 0.6) is 0 Å². The number of sulfonamides is 1. The Hall–Kier alpha value is -4.44. The number of carbonyl (C=O) groups excluding carboxylic acids is 1. The molecule has 0 aliphatic rings. The second-order valence-electron chi connectivity index (χ2n) is 7.51. The first-order valence-corrected chi connectivity index (χ1v) is 11.8. The summed E-state index contributed by atoms with van der Waals surface area (Å²) in [6.07, 6.45) is 3.34. The fourth-order valence-corrected chi connectivity index (χ4v) is 4.50. The average molecular weight is 471 g/mol. The first-order valence-electron chi connectivity index (χ1n) is 10.3. The van der Waals surface area contributed by atoms with Gasteiger partial charge in [-0.2, -0.15) is 9.61 Å². The predicted octanol–water partition coefficient (Wildman–Crippen LogP) is 3.86. The van der Waals surface area contributed by atoms with Gasteiger partial charge in [0.25, 0.3) is 10.0 Å². The molecule has 5 rings (SSSR count). The minimum Gasteiger partial charge on any atom is -0.295 e. The third-order valence-electron chi connectivity index (χ3n) is 5.18. The fourth-order valence-electron chi connectivity index (χ4n) is 3.45. The van der Waals surface area contributed by atoms with Crippen molar-refractivity contribution in [1.29, 1.82) is 0 Å². The maximum Gasteiger partial charge on any atom is 0.261 e. The van der Waals surface area contributed by atoms with Gasteiger partial charge in [-0.25, -0.2) is 8.42 Å². The summed E-state index contributed by atoms with van der Waals surface area (Å²) in [6.45, 7) is 1.43. The maximum absolute atomic E-state index is 12.8. The molecular formula is C24H18N6O3S. The Morgan fingerprint density at radius 3 is 2.38 bits per heavy atom. The monoisotopic (exact) mass is 470 g/mol. The molecule has 0 unspecified atom stereocenters. The van der Waals surface area contributed by atoms with E-state index in [0.717, 1.165) is 5.56 Å². The smallest absolute Gasteiger partial charge is 0.261 e. The molecule has 2 aromatic carbocycles. The minimum absolute atomic E-state index is 0.0638. The lowest BCUT2D eigenvalue weighted by molar-refractivity contribution is 0.101. The lowest BCUT2D eigenvalue weighted by Crippen LogP contribution is -2.13. The van der Waals surface area contributed by atoms with Crippen LogP contribution in [0, 0.1) is 0 Å². The van der Waals surface area contributed by atoms with Crippen molar-refractivity contribution in [3.05, 3.63) is 90.8 Å². The van der Waals surface area contributed by atoms with Crippen LogP contribution in [0.3, 0.4) is 0 Å². The molecule has 10 heteroatoms. The van der Waals surface area contributed by atoms with E-state index in [1.165, 1.54) is 31.2 Å². The molecule has 0 aliphatic carbocycles. The van der Waals surface area contributed by atoms with Crippen LogP contribution in [0.4, 0.5) is 5.69 Å². The van der Waals surface area contributed by atoms with E-state index in [1.807, 2.05) is 18.2 Å². The molecular weight excluding hydrogens is 452 g/mol. The van der Waals surface area contributed by atoms with Crippen molar-refractivity contribution in [2.45, 2.75) is 11.8 Å². The number of hydrogen-bond donors (Lipinski definition) is 1. The zero-order valence-corrected chi connectivity index (χ0v) is 18.8. The summed E-state index contributed by atoms with van der Waals surface area (Å²) in [6, 6.07) is 20.0. The number of nitrogens with zero attached hydrogens (tertiary/aromatic N) is 5. The quantitative estimate of drug-likeness (QED) is 0.374. The van der Waals surface area contributed by atoms with Gasteiger partial charge in [-0.3, -0.25) is 14.5 Å². The fraction of sp³-hybridized carbons (Fsp3) is 0.0417. The number of hydrogen-bond acceptors (Lipinski definition) is 7. The minimum atomic E-state index is -3.84. The maximum atomic E-state index is 12.8. The first kappa shape index (κ1) is 21.4. The van der Waals surface area contributed by atoms with Gasteiger partial charge >= 0.3 is 0 Å². The van der Waals surface area contributed by atoms with Gasteiger partial charge in [-0.15, -0.1) is 10.2 Å². The van der Waals surface area contributed by atoms with E-state index >= 15 is 0 Å². The summed E-state index contributed by atoms with van der Waals surface area (Å²) < 4.78 is 29.9. The highest BCUT2D eigenvalue weighted by Gasteiger charge is 2.16. The summed E-state index contributed by atoms with van der Waals surface area (Å²) in [5.41, 5.74) is 3.57. The van der Waals surface area contributed by atoms with Gasteiger partial charge in [0.15, 0.2) is 17.3 Å². The number of carbonyl (C=O) groups is 1. The van der Waals surface area contributed by atoms with E-state index in [-0.39, 0.29) is 10.7 Å². The molecule has 0 aliphatic heterocycles. The molecule has 3 heterocycles. The Morgan fingerprint density at radius 2 is 1.65 bits per heavy atom. The Morgan fingerprint density at radius 1 is 0.882 bits per heavy atom. The Balaban J connectivity index is 1.46. The van der Waals surface area contributed by atoms with E-state index in [2.05, 4.69) is 25.0 Å². The highest BCUT2D eigenvalue weighted by Crippen LogP contribution is 2.25. The molecule has 0 atom stereocenters. The molecule has 0 amide bonds. The van der Waals surface area contributed by atoms with E-state index in [0.29, 0.717) is 34.0 Å². The number of anilines is 1. The molecule has 168 valence electrons. The third kappa shape index (κ3) is 4.14. The van der Waals surface area contributed by atoms with Crippen molar-refractivity contribution >= 4 is 27.1 Å². The molecule has 0 radical (unpaired) electrons. The van der Waals surface area contributed by atoms with Gasteiger partial charge in [0.1, 0.15) is 0 Å². The lowest BCUT2D eigenvalue weighted by Gasteiger charge is -2.10. The second-order valence-corrected chi connectivity index (χ2v) is 9.20. The normalized spacial score (nSPS) is 11.4. The molecule has 0 spiro atoms. The topological polar surface area (TPSA) is 119 Å². The molecule has 5 aromatic rings. The molecule has 1 N–H and O–H groups in total. The van der Waals surface area contributed by atoms with Crippen LogP contribution in [-0.4, -0.2) is 39.0 Å². The van der Waals surface area contributed by atoms with E-state index in [9.17, 15) is 13.2 Å². The molecule has 0 bridgehead atoms. The average Bonchev–Trinajstić information content (AvgIpc) is 3.28. The zero-order valence-electron chi connectivity index (χ0n) is 18.0. The van der Waals surface area contributed by atoms with Crippen LogP contribution in [0.2, 0.25) is 0 Å². The van der Waals surface area contributed by atoms with E-state index in [4.69, 9.17) is 0 Å². The zero-order chi connectivity index (χ0) is 23.7. The SMILES string of the molecule is CC(=O)c1ccc(S(=O)(=O)Nc2cccc(-c3ccc4nnc(-c5ccncc5)n4n3)c2)cc1. The highest BCUT2D eigenvalue weighted by molar-refractivity contribution is 7.92. The predicted molar refractivity (Wildman–Crippen MR) is 127 cm³/mol. The largest absolute Gasteiger partial charge is 0.295 e. The summed E-state index contributed by atoms with van der Waals surface area (Å²) >= 11 is 0. The van der Waals surface area contributed by atoms with Crippen molar-refractivity contribution < 1.29 is 13.2 Å². The number of nitrogens with one attached hydrogen (secondary N) is 1. The summed E-state index contributed by atoms with van der Waals surface area (Å²) in [4.78, 5) is 15.5. The Bertz CT molecular complexity index is 1610. The van der Waals surface area contributed by atoms with Crippen molar-refractivity contribution in [3.63, 3.8) is 0 Å². The van der Waals surface area contributed by atoms with Crippen LogP contribution in [0.25, 0.3) is 28.3 Å². The highest BCUT2D eigenvalue weighted by atomic mass is 32.2. The summed E-state index contributed by atoms with van der Waals surface area (Å²) in [7, 11) is -3.84. The molecule has 0 fully saturated rings. The van der Waals surface area contributed by atoms with Crippen molar-refractivity contribution in [3.8, 4) is 22.6 Å². The van der Waals surface area contributed by atoms with Crippen molar-refractivity contribution in [2.24, 2.45) is 0 Å². The van der Waals surface area contributed by atoms with Gasteiger partial charge in [0.05, 0.1) is 10.6 Å². The standard InChI is InChI=1S/C24H18N6O3S/c1-16(31)17-5-7-21(8-6-17)34(32,33)29-20-4-2-3-19(15-20)22-9-10-23-26-27-24(30(23)28-22)18-11-13-25-14-12-18/h2-15,29H,1H3. The van der Waals surface area contributed by atoms with Crippen LogP contribution < -0.4 is 4.72 Å². The number of fused-ring (bicyclic) bond motifs is 1. The molecule has 3 aromatic heterocycles. The van der Waals surface area contributed by atoms with Gasteiger partial charge in [-0.05, 0) is 55.5 Å². The van der Waals surface area contributed by atoms with Crippen LogP contribution >= 0.6 is 0 Å². The molecule has 0 saturated carbocycles. The van der Waals surface area contributed by atoms with Crippen LogP contribution in [-0.2, 0) is 10.0 Å². The number of aromatic nitrogens is 5. The molecule has 34 heavy (non-hydrogen) atoms. The number of Topliss-reactive ketones (excluding diaryl/α,β-unsaturated/α-hetero) is 1. The van der Waals surface area contributed by atoms with Gasteiger partial charge < -0.3 is 0 Å². The van der Waals surface area contributed by atoms with Gasteiger partial charge in [0, 0.05) is 34.8 Å². The van der Waals surface area contributed by atoms with E-state index < -0.39 is 10.0 Å². The number of rotatable bonds is 6. The number of pyridine rings is 1. The lowest BCUT2D eigenvalue weighted by atomic mass is 10.1. The Labute approximate surface area is 195 Å². The summed E-state index contributed by atoms with van der Waals surface area (Å²) in [5.74, 6) is 0.444. The van der Waals surface area contributed by atoms with E-state index in [1.54, 1.807) is 47.2 Å². The number of ketones is 1.